The van der Waals surface area contributed by atoms with Crippen molar-refractivity contribution in [1.82, 2.24) is 10.2 Å². The number of ether oxygens (including phenoxy) is 1. The highest BCUT2D eigenvalue weighted by Gasteiger charge is 2.27. The first-order valence-corrected chi connectivity index (χ1v) is 12.3. The molecule has 0 aliphatic heterocycles. The van der Waals surface area contributed by atoms with Crippen molar-refractivity contribution >= 4 is 23.4 Å². The molecule has 0 bridgehead atoms. The number of aryl methyl sites for hydroxylation is 1. The monoisotopic (exact) mass is 470 g/mol. The van der Waals surface area contributed by atoms with Crippen LogP contribution in [-0.4, -0.2) is 35.4 Å². The number of nitrogens with zero attached hydrogens (tertiary/aromatic N) is 1. The van der Waals surface area contributed by atoms with Gasteiger partial charge in [-0.15, -0.1) is 0 Å². The molecule has 1 fully saturated rings. The van der Waals surface area contributed by atoms with Gasteiger partial charge in [0, 0.05) is 24.0 Å². The van der Waals surface area contributed by atoms with Gasteiger partial charge in [-0.1, -0.05) is 60.7 Å². The van der Waals surface area contributed by atoms with Gasteiger partial charge in [0.25, 0.3) is 0 Å². The van der Waals surface area contributed by atoms with Crippen molar-refractivity contribution in [1.29, 1.82) is 0 Å². The maximum atomic E-state index is 13.2. The molecular weight excluding hydrogens is 436 g/mol. The topological polar surface area (TPSA) is 58.6 Å². The van der Waals surface area contributed by atoms with E-state index < -0.39 is 6.04 Å². The van der Waals surface area contributed by atoms with Gasteiger partial charge in [0.15, 0.2) is 0 Å². The first-order chi connectivity index (χ1) is 15.9. The van der Waals surface area contributed by atoms with Crippen molar-refractivity contribution in [2.45, 2.75) is 77.4 Å². The summed E-state index contributed by atoms with van der Waals surface area (Å²) in [6, 6.07) is 14.9. The fourth-order valence-corrected chi connectivity index (χ4v) is 4.26. The van der Waals surface area contributed by atoms with E-state index in [1.54, 1.807) is 4.90 Å². The first-order valence-electron chi connectivity index (χ1n) is 12.0. The zero-order valence-corrected chi connectivity index (χ0v) is 20.4. The third-order valence-electron chi connectivity index (χ3n) is 6.21. The summed E-state index contributed by atoms with van der Waals surface area (Å²) in [4.78, 5) is 27.8. The van der Waals surface area contributed by atoms with E-state index in [0.717, 1.165) is 37.0 Å². The van der Waals surface area contributed by atoms with Crippen LogP contribution in [0.1, 0.15) is 63.0 Å². The predicted molar refractivity (Wildman–Crippen MR) is 132 cm³/mol. The Kier molecular flexibility index (Phi) is 9.61. The standard InChI is InChI=1S/C27H35ClN2O3/c1-20-10-16-25(17-11-20)33-18-6-9-26(31)30(19-22-12-14-23(28)15-13-22)21(2)27(32)29-24-7-4-3-5-8-24/h10-17,21,24H,3-9,18-19H2,1-2H3,(H,29,32)/t21-/m0/s1. The summed E-state index contributed by atoms with van der Waals surface area (Å²) in [5.74, 6) is 0.662. The Morgan fingerprint density at radius 1 is 1.06 bits per heavy atom. The Hall–Kier alpha value is -2.53. The van der Waals surface area contributed by atoms with Gasteiger partial charge >= 0.3 is 0 Å². The summed E-state index contributed by atoms with van der Waals surface area (Å²) in [6.07, 6.45) is 6.45. The van der Waals surface area contributed by atoms with Crippen LogP contribution < -0.4 is 10.1 Å². The molecule has 1 aliphatic rings. The molecule has 0 saturated heterocycles. The van der Waals surface area contributed by atoms with E-state index >= 15 is 0 Å². The Morgan fingerprint density at radius 2 is 1.73 bits per heavy atom. The third-order valence-corrected chi connectivity index (χ3v) is 6.46. The van der Waals surface area contributed by atoms with E-state index in [1.165, 1.54) is 12.0 Å². The van der Waals surface area contributed by atoms with Gasteiger partial charge in [-0.25, -0.2) is 0 Å². The predicted octanol–water partition coefficient (Wildman–Crippen LogP) is 5.67. The SMILES string of the molecule is Cc1ccc(OCCCC(=O)N(Cc2ccc(Cl)cc2)[C@@H](C)C(=O)NC2CCCCC2)cc1. The van der Waals surface area contributed by atoms with Crippen LogP contribution in [0.4, 0.5) is 0 Å². The quantitative estimate of drug-likeness (QED) is 0.455. The lowest BCUT2D eigenvalue weighted by Crippen LogP contribution is -2.50. The second kappa shape index (κ2) is 12.6. The molecule has 6 heteroatoms. The van der Waals surface area contributed by atoms with Crippen molar-refractivity contribution in [3.8, 4) is 5.75 Å². The number of halogens is 1. The minimum Gasteiger partial charge on any atom is -0.494 e. The number of hydrogen-bond acceptors (Lipinski definition) is 3. The molecule has 1 aliphatic carbocycles. The fraction of sp³-hybridized carbons (Fsp3) is 0.481. The van der Waals surface area contributed by atoms with Crippen molar-refractivity contribution in [3.63, 3.8) is 0 Å². The van der Waals surface area contributed by atoms with Crippen molar-refractivity contribution in [2.24, 2.45) is 0 Å². The molecule has 1 saturated carbocycles. The molecule has 2 amide bonds. The molecule has 0 aromatic heterocycles. The van der Waals surface area contributed by atoms with E-state index in [1.807, 2.05) is 62.4 Å². The summed E-state index contributed by atoms with van der Waals surface area (Å²) in [5, 5.41) is 3.81. The van der Waals surface area contributed by atoms with Crippen LogP contribution in [-0.2, 0) is 16.1 Å². The number of nitrogens with one attached hydrogen (secondary N) is 1. The summed E-state index contributed by atoms with van der Waals surface area (Å²) < 4.78 is 5.77. The lowest BCUT2D eigenvalue weighted by molar-refractivity contribution is -0.141. The molecule has 0 spiro atoms. The van der Waals surface area contributed by atoms with Crippen molar-refractivity contribution in [2.75, 3.05) is 6.61 Å². The van der Waals surface area contributed by atoms with Crippen LogP contribution in [0.25, 0.3) is 0 Å². The van der Waals surface area contributed by atoms with Gasteiger partial charge in [0.2, 0.25) is 11.8 Å². The summed E-state index contributed by atoms with van der Waals surface area (Å²) >= 11 is 6.02. The van der Waals surface area contributed by atoms with Crippen LogP contribution >= 0.6 is 11.6 Å². The van der Waals surface area contributed by atoms with Gasteiger partial charge in [0.1, 0.15) is 11.8 Å². The van der Waals surface area contributed by atoms with E-state index in [0.29, 0.717) is 31.0 Å². The molecule has 2 aromatic carbocycles. The molecule has 3 rings (SSSR count). The van der Waals surface area contributed by atoms with Gasteiger partial charge in [-0.3, -0.25) is 9.59 Å². The van der Waals surface area contributed by atoms with Crippen LogP contribution in [0.3, 0.4) is 0 Å². The maximum absolute atomic E-state index is 13.2. The zero-order chi connectivity index (χ0) is 23.6. The molecule has 0 unspecified atom stereocenters. The van der Waals surface area contributed by atoms with Crippen molar-refractivity contribution < 1.29 is 14.3 Å². The van der Waals surface area contributed by atoms with Crippen LogP contribution in [0.15, 0.2) is 48.5 Å². The van der Waals surface area contributed by atoms with Gasteiger partial charge in [-0.2, -0.15) is 0 Å². The molecule has 2 aromatic rings. The third kappa shape index (κ3) is 8.08. The number of benzene rings is 2. The van der Waals surface area contributed by atoms with Gasteiger partial charge in [0.05, 0.1) is 6.61 Å². The molecule has 33 heavy (non-hydrogen) atoms. The van der Waals surface area contributed by atoms with Gasteiger partial charge < -0.3 is 15.0 Å². The molecular formula is C27H35ClN2O3. The number of carbonyl (C=O) groups excluding carboxylic acids is 2. The number of hydrogen-bond donors (Lipinski definition) is 1. The lowest BCUT2D eigenvalue weighted by atomic mass is 9.95. The molecule has 5 nitrogen and oxygen atoms in total. The smallest absolute Gasteiger partial charge is 0.242 e. The molecule has 1 atom stereocenters. The Labute approximate surface area is 202 Å². The highest BCUT2D eigenvalue weighted by Crippen LogP contribution is 2.19. The Morgan fingerprint density at radius 3 is 2.39 bits per heavy atom. The average Bonchev–Trinajstić information content (AvgIpc) is 2.82. The number of amides is 2. The van der Waals surface area contributed by atoms with E-state index in [9.17, 15) is 9.59 Å². The van der Waals surface area contributed by atoms with E-state index in [2.05, 4.69) is 5.32 Å². The Bertz CT molecular complexity index is 893. The largest absolute Gasteiger partial charge is 0.494 e. The normalized spacial score (nSPS) is 15.0. The minimum absolute atomic E-state index is 0.0521. The Balaban J connectivity index is 1.59. The first kappa shape index (κ1) is 25.1. The van der Waals surface area contributed by atoms with Gasteiger partial charge in [-0.05, 0) is 62.9 Å². The molecule has 178 valence electrons. The minimum atomic E-state index is -0.548. The number of carbonyl (C=O) groups is 2. The number of rotatable bonds is 10. The summed E-state index contributed by atoms with van der Waals surface area (Å²) in [7, 11) is 0. The zero-order valence-electron chi connectivity index (χ0n) is 19.7. The van der Waals surface area contributed by atoms with E-state index in [4.69, 9.17) is 16.3 Å². The molecule has 0 heterocycles. The summed E-state index contributed by atoms with van der Waals surface area (Å²) in [6.45, 7) is 4.67. The average molecular weight is 471 g/mol. The lowest BCUT2D eigenvalue weighted by Gasteiger charge is -2.31. The van der Waals surface area contributed by atoms with Crippen LogP contribution in [0.2, 0.25) is 5.02 Å². The highest BCUT2D eigenvalue weighted by molar-refractivity contribution is 6.30. The second-order valence-corrected chi connectivity index (χ2v) is 9.37. The maximum Gasteiger partial charge on any atom is 0.242 e. The van der Waals surface area contributed by atoms with Crippen LogP contribution in [0, 0.1) is 6.92 Å². The second-order valence-electron chi connectivity index (χ2n) is 8.93. The summed E-state index contributed by atoms with van der Waals surface area (Å²) in [5.41, 5.74) is 2.12. The highest BCUT2D eigenvalue weighted by atomic mass is 35.5. The van der Waals surface area contributed by atoms with E-state index in [-0.39, 0.29) is 17.9 Å². The van der Waals surface area contributed by atoms with Crippen LogP contribution in [0.5, 0.6) is 5.75 Å². The molecule has 0 radical (unpaired) electrons. The van der Waals surface area contributed by atoms with Crippen molar-refractivity contribution in [3.05, 3.63) is 64.7 Å². The molecule has 1 N–H and O–H groups in total. The fourth-order valence-electron chi connectivity index (χ4n) is 4.13.